The number of anilines is 1. The molecule has 5 nitrogen and oxygen atoms in total. The molecular weight excluding hydrogens is 350 g/mol. The van der Waals surface area contributed by atoms with Crippen molar-refractivity contribution in [3.63, 3.8) is 0 Å². The zero-order valence-electron chi connectivity index (χ0n) is 16.7. The van der Waals surface area contributed by atoms with E-state index in [2.05, 4.69) is 53.6 Å². The molecule has 2 amide bonds. The molecule has 1 aliphatic rings. The number of rotatable bonds is 6. The van der Waals surface area contributed by atoms with E-state index in [1.54, 1.807) is 0 Å². The summed E-state index contributed by atoms with van der Waals surface area (Å²) in [5.41, 5.74) is 4.55. The van der Waals surface area contributed by atoms with Crippen molar-refractivity contribution in [1.29, 1.82) is 0 Å². The summed E-state index contributed by atoms with van der Waals surface area (Å²) < 4.78 is 0. The van der Waals surface area contributed by atoms with Crippen molar-refractivity contribution in [2.45, 2.75) is 39.2 Å². The molecule has 0 aromatic heterocycles. The molecule has 0 saturated carbocycles. The molecule has 0 atom stereocenters. The van der Waals surface area contributed by atoms with E-state index >= 15 is 0 Å². The number of nitrogens with one attached hydrogen (secondary N) is 2. The van der Waals surface area contributed by atoms with Crippen molar-refractivity contribution in [2.24, 2.45) is 0 Å². The van der Waals surface area contributed by atoms with E-state index in [0.29, 0.717) is 12.2 Å². The number of nitrogens with zero attached hydrogens (tertiary/aromatic N) is 1. The topological polar surface area (TPSA) is 61.4 Å². The van der Waals surface area contributed by atoms with Gasteiger partial charge in [0, 0.05) is 31.9 Å². The minimum Gasteiger partial charge on any atom is -0.348 e. The summed E-state index contributed by atoms with van der Waals surface area (Å²) >= 11 is 0. The van der Waals surface area contributed by atoms with Crippen molar-refractivity contribution in [3.05, 3.63) is 65.2 Å². The molecule has 0 spiro atoms. The average Bonchev–Trinajstić information content (AvgIpc) is 2.71. The van der Waals surface area contributed by atoms with E-state index < -0.39 is 11.8 Å². The van der Waals surface area contributed by atoms with E-state index in [4.69, 9.17) is 0 Å². The van der Waals surface area contributed by atoms with Gasteiger partial charge in [-0.2, -0.15) is 0 Å². The van der Waals surface area contributed by atoms with Crippen molar-refractivity contribution < 1.29 is 9.59 Å². The molecule has 0 bridgehead atoms. The maximum atomic E-state index is 12.2. The fourth-order valence-electron chi connectivity index (χ4n) is 3.62. The highest BCUT2D eigenvalue weighted by molar-refractivity contribution is 6.39. The largest absolute Gasteiger partial charge is 0.348 e. The predicted molar refractivity (Wildman–Crippen MR) is 112 cm³/mol. The van der Waals surface area contributed by atoms with E-state index in [1.807, 2.05) is 24.3 Å². The lowest BCUT2D eigenvalue weighted by Crippen LogP contribution is -2.38. The van der Waals surface area contributed by atoms with Crippen LogP contribution in [0, 0.1) is 0 Å². The Morgan fingerprint density at radius 1 is 1.00 bits per heavy atom. The highest BCUT2D eigenvalue weighted by Gasteiger charge is 2.17. The zero-order valence-corrected chi connectivity index (χ0v) is 16.7. The lowest BCUT2D eigenvalue weighted by molar-refractivity contribution is -0.136. The van der Waals surface area contributed by atoms with Gasteiger partial charge in [-0.15, -0.1) is 0 Å². The fourth-order valence-corrected chi connectivity index (χ4v) is 3.62. The Hall–Kier alpha value is -2.66. The first-order valence-electron chi connectivity index (χ1n) is 10.0. The maximum absolute atomic E-state index is 12.2. The van der Waals surface area contributed by atoms with Gasteiger partial charge in [0.25, 0.3) is 0 Å². The van der Waals surface area contributed by atoms with Gasteiger partial charge in [0.1, 0.15) is 0 Å². The van der Waals surface area contributed by atoms with Crippen molar-refractivity contribution in [2.75, 3.05) is 25.0 Å². The standard InChI is InChI=1S/C23H29N3O2/c1-17(2)20-10-5-6-11-21(20)25-23(28)22(27)24-13-7-14-26-15-12-18-8-3-4-9-19(18)16-26/h3-6,8-11,17H,7,12-16H2,1-2H3,(H,24,27)(H,25,28). The normalized spacial score (nSPS) is 13.8. The lowest BCUT2D eigenvalue weighted by atomic mass is 10.00. The van der Waals surface area contributed by atoms with Gasteiger partial charge in [0.2, 0.25) is 0 Å². The van der Waals surface area contributed by atoms with E-state index in [9.17, 15) is 9.59 Å². The Balaban J connectivity index is 1.41. The van der Waals surface area contributed by atoms with E-state index in [-0.39, 0.29) is 5.92 Å². The summed E-state index contributed by atoms with van der Waals surface area (Å²) in [5, 5.41) is 5.46. The van der Waals surface area contributed by atoms with Gasteiger partial charge >= 0.3 is 11.8 Å². The first kappa shape index (κ1) is 20.1. The number of para-hydroxylation sites is 1. The van der Waals surface area contributed by atoms with Crippen LogP contribution in [0.15, 0.2) is 48.5 Å². The monoisotopic (exact) mass is 379 g/mol. The number of fused-ring (bicyclic) bond motifs is 1. The zero-order chi connectivity index (χ0) is 19.9. The van der Waals surface area contributed by atoms with E-state index in [0.717, 1.165) is 38.0 Å². The first-order chi connectivity index (χ1) is 13.5. The molecule has 0 fully saturated rings. The Kier molecular flexibility index (Phi) is 6.82. The molecule has 148 valence electrons. The van der Waals surface area contributed by atoms with Gasteiger partial charge in [-0.3, -0.25) is 14.5 Å². The quantitative estimate of drug-likeness (QED) is 0.598. The van der Waals surface area contributed by atoms with Crippen LogP contribution >= 0.6 is 0 Å². The van der Waals surface area contributed by atoms with Crippen LogP contribution in [0.2, 0.25) is 0 Å². The second-order valence-electron chi connectivity index (χ2n) is 7.60. The third kappa shape index (κ3) is 5.20. The van der Waals surface area contributed by atoms with Crippen molar-refractivity contribution in [1.82, 2.24) is 10.2 Å². The molecule has 2 aromatic rings. The maximum Gasteiger partial charge on any atom is 0.313 e. The lowest BCUT2D eigenvalue weighted by Gasteiger charge is -2.28. The molecule has 0 unspecified atom stereocenters. The van der Waals surface area contributed by atoms with Gasteiger partial charge in [0.05, 0.1) is 0 Å². The summed E-state index contributed by atoms with van der Waals surface area (Å²) in [4.78, 5) is 26.7. The van der Waals surface area contributed by atoms with Crippen LogP contribution in [0.5, 0.6) is 0 Å². The van der Waals surface area contributed by atoms with Crippen LogP contribution in [0.25, 0.3) is 0 Å². The smallest absolute Gasteiger partial charge is 0.313 e. The van der Waals surface area contributed by atoms with Crippen LogP contribution in [0.4, 0.5) is 5.69 Å². The van der Waals surface area contributed by atoms with Crippen LogP contribution in [0.1, 0.15) is 42.9 Å². The molecule has 0 radical (unpaired) electrons. The summed E-state index contributed by atoms with van der Waals surface area (Å²) in [6.07, 6.45) is 1.89. The number of amides is 2. The molecule has 0 saturated heterocycles. The summed E-state index contributed by atoms with van der Waals surface area (Å²) in [6.45, 7) is 7.52. The second-order valence-corrected chi connectivity index (χ2v) is 7.60. The highest BCUT2D eigenvalue weighted by Crippen LogP contribution is 2.23. The summed E-state index contributed by atoms with van der Waals surface area (Å²) in [6, 6.07) is 16.1. The Labute approximate surface area is 167 Å². The molecule has 1 heterocycles. The van der Waals surface area contributed by atoms with Crippen molar-refractivity contribution in [3.8, 4) is 0 Å². The van der Waals surface area contributed by atoms with Gasteiger partial charge in [-0.25, -0.2) is 0 Å². The number of carbonyl (C=O) groups is 2. The molecule has 2 aromatic carbocycles. The molecule has 0 aliphatic carbocycles. The molecule has 1 aliphatic heterocycles. The van der Waals surface area contributed by atoms with Crippen LogP contribution in [-0.4, -0.2) is 36.3 Å². The highest BCUT2D eigenvalue weighted by atomic mass is 16.2. The molecule has 3 rings (SSSR count). The molecule has 2 N–H and O–H groups in total. The summed E-state index contributed by atoms with van der Waals surface area (Å²) in [7, 11) is 0. The molecular formula is C23H29N3O2. The number of hydrogen-bond acceptors (Lipinski definition) is 3. The third-order valence-corrected chi connectivity index (χ3v) is 5.18. The average molecular weight is 380 g/mol. The Morgan fingerprint density at radius 3 is 2.50 bits per heavy atom. The van der Waals surface area contributed by atoms with Gasteiger partial charge < -0.3 is 10.6 Å². The van der Waals surface area contributed by atoms with Gasteiger partial charge in [0.15, 0.2) is 0 Å². The number of benzene rings is 2. The van der Waals surface area contributed by atoms with Gasteiger partial charge in [-0.1, -0.05) is 56.3 Å². The Bertz CT molecular complexity index is 832. The van der Waals surface area contributed by atoms with Crippen LogP contribution < -0.4 is 10.6 Å². The minimum atomic E-state index is -0.611. The second kappa shape index (κ2) is 9.51. The minimum absolute atomic E-state index is 0.272. The van der Waals surface area contributed by atoms with Crippen LogP contribution in [0.3, 0.4) is 0 Å². The van der Waals surface area contributed by atoms with Crippen molar-refractivity contribution >= 4 is 17.5 Å². The number of carbonyl (C=O) groups excluding carboxylic acids is 2. The number of hydrogen-bond donors (Lipinski definition) is 2. The third-order valence-electron chi connectivity index (χ3n) is 5.18. The Morgan fingerprint density at radius 2 is 1.71 bits per heavy atom. The predicted octanol–water partition coefficient (Wildman–Crippen LogP) is 3.31. The molecule has 5 heteroatoms. The summed E-state index contributed by atoms with van der Waals surface area (Å²) in [5.74, 6) is -0.920. The first-order valence-corrected chi connectivity index (χ1v) is 10.0. The van der Waals surface area contributed by atoms with Crippen LogP contribution in [-0.2, 0) is 22.6 Å². The molecule has 28 heavy (non-hydrogen) atoms. The van der Waals surface area contributed by atoms with E-state index in [1.165, 1.54) is 11.1 Å². The fraction of sp³-hybridized carbons (Fsp3) is 0.391. The SMILES string of the molecule is CC(C)c1ccccc1NC(=O)C(=O)NCCCN1CCc2ccccc2C1. The van der Waals surface area contributed by atoms with Gasteiger partial charge in [-0.05, 0) is 41.5 Å².